The lowest BCUT2D eigenvalue weighted by atomic mass is 10.0. The van der Waals surface area contributed by atoms with Crippen LogP contribution in [0.4, 0.5) is 0 Å². The van der Waals surface area contributed by atoms with E-state index in [1.54, 1.807) is 0 Å². The molecule has 3 rings (SSSR count). The van der Waals surface area contributed by atoms with E-state index in [4.69, 9.17) is 0 Å². The van der Waals surface area contributed by atoms with E-state index in [-0.39, 0.29) is 5.91 Å². The van der Waals surface area contributed by atoms with Crippen LogP contribution in [0.2, 0.25) is 0 Å². The number of nitrogens with one attached hydrogen (secondary N) is 1. The van der Waals surface area contributed by atoms with Gasteiger partial charge in [-0.1, -0.05) is 49.4 Å². The molecule has 1 aliphatic heterocycles. The van der Waals surface area contributed by atoms with Crippen LogP contribution in [-0.4, -0.2) is 55.0 Å². The smallest absolute Gasteiger partial charge is 0.234 e. The van der Waals surface area contributed by atoms with Crippen molar-refractivity contribution in [3.8, 4) is 0 Å². The van der Waals surface area contributed by atoms with Gasteiger partial charge in [0.15, 0.2) is 0 Å². The van der Waals surface area contributed by atoms with Gasteiger partial charge < -0.3 is 5.32 Å². The summed E-state index contributed by atoms with van der Waals surface area (Å²) in [4.78, 5) is 16.6. The fourth-order valence-electron chi connectivity index (χ4n) is 3.30. The Hall–Kier alpha value is -1.91. The predicted octanol–water partition coefficient (Wildman–Crippen LogP) is 2.48. The molecular weight excluding hydrogens is 298 g/mol. The Bertz CT molecular complexity index is 672. The summed E-state index contributed by atoms with van der Waals surface area (Å²) >= 11 is 0. The van der Waals surface area contributed by atoms with Crippen molar-refractivity contribution >= 4 is 16.7 Å². The second-order valence-electron chi connectivity index (χ2n) is 6.54. The molecule has 0 bridgehead atoms. The molecular formula is C20H27N3O. The third-order valence-electron chi connectivity index (χ3n) is 4.68. The van der Waals surface area contributed by atoms with Crippen LogP contribution in [0.15, 0.2) is 42.5 Å². The molecule has 0 atom stereocenters. The highest BCUT2D eigenvalue weighted by Crippen LogP contribution is 2.20. The van der Waals surface area contributed by atoms with Gasteiger partial charge in [-0.2, -0.15) is 0 Å². The van der Waals surface area contributed by atoms with Crippen LogP contribution in [0.1, 0.15) is 18.9 Å². The van der Waals surface area contributed by atoms with Crippen molar-refractivity contribution in [3.05, 3.63) is 48.0 Å². The predicted molar refractivity (Wildman–Crippen MR) is 99.0 cm³/mol. The van der Waals surface area contributed by atoms with Crippen molar-refractivity contribution in [1.29, 1.82) is 0 Å². The van der Waals surface area contributed by atoms with E-state index < -0.39 is 0 Å². The molecule has 0 saturated carbocycles. The largest absolute Gasteiger partial charge is 0.355 e. The lowest BCUT2D eigenvalue weighted by Gasteiger charge is -2.34. The summed E-state index contributed by atoms with van der Waals surface area (Å²) in [5.41, 5.74) is 1.39. The second-order valence-corrected chi connectivity index (χ2v) is 6.54. The minimum absolute atomic E-state index is 0.152. The van der Waals surface area contributed by atoms with Gasteiger partial charge in [-0.15, -0.1) is 0 Å². The topological polar surface area (TPSA) is 35.6 Å². The van der Waals surface area contributed by atoms with Crippen molar-refractivity contribution in [2.45, 2.75) is 19.9 Å². The Morgan fingerprint density at radius 2 is 1.71 bits per heavy atom. The van der Waals surface area contributed by atoms with Crippen LogP contribution in [0.25, 0.3) is 10.8 Å². The molecule has 1 saturated heterocycles. The first-order valence-electron chi connectivity index (χ1n) is 8.94. The number of nitrogens with zero attached hydrogens (tertiary/aromatic N) is 2. The highest BCUT2D eigenvalue weighted by atomic mass is 16.2. The number of hydrogen-bond acceptors (Lipinski definition) is 3. The van der Waals surface area contributed by atoms with E-state index in [1.165, 1.54) is 16.3 Å². The Labute approximate surface area is 144 Å². The number of rotatable bonds is 6. The van der Waals surface area contributed by atoms with E-state index in [0.29, 0.717) is 6.54 Å². The third kappa shape index (κ3) is 4.34. The minimum atomic E-state index is 0.152. The Kier molecular flexibility index (Phi) is 5.83. The average molecular weight is 325 g/mol. The highest BCUT2D eigenvalue weighted by molar-refractivity contribution is 5.85. The molecule has 128 valence electrons. The lowest BCUT2D eigenvalue weighted by molar-refractivity contribution is -0.122. The molecule has 24 heavy (non-hydrogen) atoms. The maximum Gasteiger partial charge on any atom is 0.234 e. The van der Waals surface area contributed by atoms with Crippen LogP contribution in [0, 0.1) is 0 Å². The zero-order chi connectivity index (χ0) is 16.8. The van der Waals surface area contributed by atoms with Gasteiger partial charge in [0.25, 0.3) is 0 Å². The minimum Gasteiger partial charge on any atom is -0.355 e. The zero-order valence-corrected chi connectivity index (χ0v) is 14.5. The van der Waals surface area contributed by atoms with Crippen LogP contribution >= 0.6 is 0 Å². The van der Waals surface area contributed by atoms with Crippen LogP contribution in [0.3, 0.4) is 0 Å². The first-order chi connectivity index (χ1) is 11.8. The highest BCUT2D eigenvalue weighted by Gasteiger charge is 2.19. The van der Waals surface area contributed by atoms with E-state index in [2.05, 4.69) is 64.5 Å². The SMILES string of the molecule is CCCNC(=O)CN1CCN(Cc2cccc3ccccc23)CC1. The Balaban J connectivity index is 1.53. The fourth-order valence-corrected chi connectivity index (χ4v) is 3.30. The van der Waals surface area contributed by atoms with Crippen molar-refractivity contribution in [3.63, 3.8) is 0 Å². The number of hydrogen-bond donors (Lipinski definition) is 1. The summed E-state index contributed by atoms with van der Waals surface area (Å²) in [6.45, 7) is 8.33. The number of amides is 1. The molecule has 0 spiro atoms. The molecule has 0 radical (unpaired) electrons. The number of carbonyl (C=O) groups is 1. The number of piperazine rings is 1. The molecule has 0 aromatic heterocycles. The van der Waals surface area contributed by atoms with Crippen molar-refractivity contribution in [2.75, 3.05) is 39.3 Å². The molecule has 1 fully saturated rings. The third-order valence-corrected chi connectivity index (χ3v) is 4.68. The maximum atomic E-state index is 11.8. The molecule has 1 aliphatic rings. The van der Waals surface area contributed by atoms with E-state index in [1.807, 2.05) is 0 Å². The van der Waals surface area contributed by atoms with Crippen molar-refractivity contribution in [1.82, 2.24) is 15.1 Å². The van der Waals surface area contributed by atoms with Gasteiger partial charge in [-0.3, -0.25) is 14.6 Å². The summed E-state index contributed by atoms with van der Waals surface area (Å²) < 4.78 is 0. The van der Waals surface area contributed by atoms with Crippen LogP contribution in [-0.2, 0) is 11.3 Å². The number of carbonyl (C=O) groups excluding carboxylic acids is 1. The monoisotopic (exact) mass is 325 g/mol. The Morgan fingerprint density at radius 1 is 1.00 bits per heavy atom. The van der Waals surface area contributed by atoms with Gasteiger partial charge in [-0.05, 0) is 22.8 Å². The molecule has 4 heteroatoms. The van der Waals surface area contributed by atoms with Gasteiger partial charge >= 0.3 is 0 Å². The maximum absolute atomic E-state index is 11.8. The quantitative estimate of drug-likeness (QED) is 0.886. The fraction of sp³-hybridized carbons (Fsp3) is 0.450. The van der Waals surface area contributed by atoms with Crippen LogP contribution < -0.4 is 5.32 Å². The van der Waals surface area contributed by atoms with E-state index in [0.717, 1.165) is 45.7 Å². The summed E-state index contributed by atoms with van der Waals surface area (Å²) in [5, 5.41) is 5.61. The molecule has 4 nitrogen and oxygen atoms in total. The second kappa shape index (κ2) is 8.27. The molecule has 0 aliphatic carbocycles. The standard InChI is InChI=1S/C20H27N3O/c1-2-10-21-20(24)16-23-13-11-22(12-14-23)15-18-8-5-7-17-6-3-4-9-19(17)18/h3-9H,2,10-16H2,1H3,(H,21,24). The summed E-state index contributed by atoms with van der Waals surface area (Å²) in [7, 11) is 0. The lowest BCUT2D eigenvalue weighted by Crippen LogP contribution is -2.49. The number of fused-ring (bicyclic) bond motifs is 1. The summed E-state index contributed by atoms with van der Waals surface area (Å²) in [6, 6.07) is 15.1. The van der Waals surface area contributed by atoms with E-state index in [9.17, 15) is 4.79 Å². The molecule has 1 amide bonds. The summed E-state index contributed by atoms with van der Waals surface area (Å²) in [5.74, 6) is 0.152. The van der Waals surface area contributed by atoms with Gasteiger partial charge in [0.2, 0.25) is 5.91 Å². The summed E-state index contributed by atoms with van der Waals surface area (Å²) in [6.07, 6.45) is 0.991. The normalized spacial score (nSPS) is 16.4. The number of benzene rings is 2. The first-order valence-corrected chi connectivity index (χ1v) is 8.94. The molecule has 0 unspecified atom stereocenters. The average Bonchev–Trinajstić information content (AvgIpc) is 2.62. The van der Waals surface area contributed by atoms with Gasteiger partial charge in [0.1, 0.15) is 0 Å². The molecule has 1 N–H and O–H groups in total. The molecule has 1 heterocycles. The van der Waals surface area contributed by atoms with Crippen molar-refractivity contribution < 1.29 is 4.79 Å². The van der Waals surface area contributed by atoms with Gasteiger partial charge in [0, 0.05) is 39.3 Å². The van der Waals surface area contributed by atoms with E-state index >= 15 is 0 Å². The van der Waals surface area contributed by atoms with Gasteiger partial charge in [0.05, 0.1) is 6.54 Å². The van der Waals surface area contributed by atoms with Crippen LogP contribution in [0.5, 0.6) is 0 Å². The molecule has 2 aromatic rings. The first kappa shape index (κ1) is 16.9. The Morgan fingerprint density at radius 3 is 2.50 bits per heavy atom. The zero-order valence-electron chi connectivity index (χ0n) is 14.5. The van der Waals surface area contributed by atoms with Gasteiger partial charge in [-0.25, -0.2) is 0 Å². The molecule has 2 aromatic carbocycles. The van der Waals surface area contributed by atoms with Crippen molar-refractivity contribution in [2.24, 2.45) is 0 Å².